The van der Waals surface area contributed by atoms with Gasteiger partial charge in [-0.3, -0.25) is 4.68 Å². The molecule has 0 spiro atoms. The summed E-state index contributed by atoms with van der Waals surface area (Å²) in [6, 6.07) is 8.51. The van der Waals surface area contributed by atoms with Crippen molar-refractivity contribution in [2.45, 2.75) is 45.6 Å². The molecular weight excluding hydrogens is 300 g/mol. The fourth-order valence-corrected chi connectivity index (χ4v) is 2.93. The van der Waals surface area contributed by atoms with Crippen LogP contribution in [0.2, 0.25) is 5.02 Å². The van der Waals surface area contributed by atoms with Crippen LogP contribution in [-0.2, 0) is 4.79 Å². The van der Waals surface area contributed by atoms with Crippen LogP contribution in [0.1, 0.15) is 55.6 Å². The maximum atomic E-state index is 11.9. The largest absolute Gasteiger partial charge is 0.480 e. The quantitative estimate of drug-likeness (QED) is 0.888. The molecule has 2 aromatic rings. The molecule has 2 rings (SSSR count). The summed E-state index contributed by atoms with van der Waals surface area (Å²) in [5.41, 5.74) is 2.56. The third kappa shape index (κ3) is 3.17. The Morgan fingerprint density at radius 3 is 2.41 bits per heavy atom. The molecule has 0 aliphatic carbocycles. The normalized spacial score (nSPS) is 14.1. The van der Waals surface area contributed by atoms with Gasteiger partial charge in [-0.05, 0) is 30.5 Å². The minimum absolute atomic E-state index is 0.255. The van der Waals surface area contributed by atoms with Gasteiger partial charge >= 0.3 is 5.97 Å². The molecule has 2 atom stereocenters. The van der Waals surface area contributed by atoms with Crippen LogP contribution >= 0.6 is 11.6 Å². The molecule has 1 heterocycles. The van der Waals surface area contributed by atoms with Crippen LogP contribution in [0, 0.1) is 6.92 Å². The fourth-order valence-electron chi connectivity index (χ4n) is 2.62. The Morgan fingerprint density at radius 2 is 1.91 bits per heavy atom. The molecule has 0 fully saturated rings. The predicted octanol–water partition coefficient (Wildman–Crippen LogP) is 4.40. The molecule has 118 valence electrons. The summed E-state index contributed by atoms with van der Waals surface area (Å²) in [5.74, 6) is -0.941. The number of hydrogen-bond acceptors (Lipinski definition) is 2. The number of aromatic nitrogens is 2. The van der Waals surface area contributed by atoms with Crippen molar-refractivity contribution in [3.05, 3.63) is 52.3 Å². The number of aryl methyl sites for hydroxylation is 1. The van der Waals surface area contributed by atoms with E-state index < -0.39 is 12.0 Å². The third-order valence-corrected chi connectivity index (χ3v) is 4.26. The number of carboxylic acid groups (broad SMARTS) is 1. The molecule has 0 saturated heterocycles. The maximum absolute atomic E-state index is 11.9. The van der Waals surface area contributed by atoms with Gasteiger partial charge in [-0.2, -0.15) is 5.10 Å². The van der Waals surface area contributed by atoms with Crippen molar-refractivity contribution in [3.63, 3.8) is 0 Å². The Labute approximate surface area is 135 Å². The van der Waals surface area contributed by atoms with Gasteiger partial charge in [0.1, 0.15) is 0 Å². The maximum Gasteiger partial charge on any atom is 0.329 e. The van der Waals surface area contributed by atoms with Gasteiger partial charge in [0.2, 0.25) is 0 Å². The zero-order valence-electron chi connectivity index (χ0n) is 13.2. The van der Waals surface area contributed by atoms with E-state index in [1.165, 1.54) is 0 Å². The van der Waals surface area contributed by atoms with E-state index in [2.05, 4.69) is 5.10 Å². The standard InChI is InChI=1S/C17H21ClN2O2/c1-10(2)15-9-11(3)20(19-15)16(17(21)22)12(4)13-7-5-6-8-14(13)18/h5-10,12,16H,1-4H3,(H,21,22). The molecule has 1 N–H and O–H groups in total. The van der Waals surface area contributed by atoms with Gasteiger partial charge in [0.25, 0.3) is 0 Å². The van der Waals surface area contributed by atoms with E-state index in [1.807, 2.05) is 52.0 Å². The average molecular weight is 321 g/mol. The number of halogens is 1. The minimum Gasteiger partial charge on any atom is -0.480 e. The molecule has 2 unspecified atom stereocenters. The number of carbonyl (C=O) groups is 1. The van der Waals surface area contributed by atoms with Crippen molar-refractivity contribution in [2.75, 3.05) is 0 Å². The van der Waals surface area contributed by atoms with E-state index in [4.69, 9.17) is 11.6 Å². The summed E-state index contributed by atoms with van der Waals surface area (Å²) in [4.78, 5) is 11.9. The first kappa shape index (κ1) is 16.6. The highest BCUT2D eigenvalue weighted by Gasteiger charge is 2.31. The lowest BCUT2D eigenvalue weighted by Crippen LogP contribution is -2.26. The number of aliphatic carboxylic acids is 1. The van der Waals surface area contributed by atoms with Crippen molar-refractivity contribution in [2.24, 2.45) is 0 Å². The molecule has 1 aromatic carbocycles. The second-order valence-electron chi connectivity index (χ2n) is 5.90. The van der Waals surface area contributed by atoms with Crippen molar-refractivity contribution in [1.29, 1.82) is 0 Å². The molecule has 0 aliphatic rings. The lowest BCUT2D eigenvalue weighted by atomic mass is 9.93. The molecule has 22 heavy (non-hydrogen) atoms. The van der Waals surface area contributed by atoms with Gasteiger partial charge in [0.15, 0.2) is 6.04 Å². The molecule has 5 heteroatoms. The van der Waals surface area contributed by atoms with Crippen molar-refractivity contribution < 1.29 is 9.90 Å². The smallest absolute Gasteiger partial charge is 0.329 e. The number of hydrogen-bond donors (Lipinski definition) is 1. The number of benzene rings is 1. The Kier molecular flexibility index (Phi) is 4.91. The summed E-state index contributed by atoms with van der Waals surface area (Å²) in [6.45, 7) is 7.84. The lowest BCUT2D eigenvalue weighted by Gasteiger charge is -2.23. The second-order valence-corrected chi connectivity index (χ2v) is 6.31. The molecular formula is C17H21ClN2O2. The lowest BCUT2D eigenvalue weighted by molar-refractivity contribution is -0.142. The molecule has 0 radical (unpaired) electrons. The average Bonchev–Trinajstić information content (AvgIpc) is 2.81. The van der Waals surface area contributed by atoms with Crippen molar-refractivity contribution >= 4 is 17.6 Å². The van der Waals surface area contributed by atoms with E-state index in [1.54, 1.807) is 10.7 Å². The fraction of sp³-hybridized carbons (Fsp3) is 0.412. The topological polar surface area (TPSA) is 55.1 Å². The Hall–Kier alpha value is -1.81. The SMILES string of the molecule is Cc1cc(C(C)C)nn1C(C(=O)O)C(C)c1ccccc1Cl. The summed E-state index contributed by atoms with van der Waals surface area (Å²) in [6.07, 6.45) is 0. The minimum atomic E-state index is -0.908. The van der Waals surface area contributed by atoms with Crippen LogP contribution < -0.4 is 0 Å². The second kappa shape index (κ2) is 6.53. The van der Waals surface area contributed by atoms with Gasteiger partial charge in [-0.25, -0.2) is 4.79 Å². The van der Waals surface area contributed by atoms with E-state index in [0.29, 0.717) is 5.02 Å². The van der Waals surface area contributed by atoms with E-state index in [-0.39, 0.29) is 11.8 Å². The first-order chi connectivity index (χ1) is 10.3. The van der Waals surface area contributed by atoms with Crippen LogP contribution in [-0.4, -0.2) is 20.9 Å². The Morgan fingerprint density at radius 1 is 1.27 bits per heavy atom. The molecule has 0 aliphatic heterocycles. The summed E-state index contributed by atoms with van der Waals surface area (Å²) >= 11 is 6.23. The van der Waals surface area contributed by atoms with Crippen molar-refractivity contribution in [3.8, 4) is 0 Å². The van der Waals surface area contributed by atoms with Crippen molar-refractivity contribution in [1.82, 2.24) is 9.78 Å². The molecule has 4 nitrogen and oxygen atoms in total. The van der Waals surface area contributed by atoms with E-state index >= 15 is 0 Å². The third-order valence-electron chi connectivity index (χ3n) is 3.92. The highest BCUT2D eigenvalue weighted by Crippen LogP contribution is 2.34. The Bertz CT molecular complexity index is 679. The molecule has 1 aromatic heterocycles. The summed E-state index contributed by atoms with van der Waals surface area (Å²) in [5, 5.41) is 14.8. The van der Waals surface area contributed by atoms with Crippen LogP contribution in [0.4, 0.5) is 0 Å². The molecule has 0 saturated carbocycles. The highest BCUT2D eigenvalue weighted by molar-refractivity contribution is 6.31. The van der Waals surface area contributed by atoms with Gasteiger partial charge in [0.05, 0.1) is 5.69 Å². The van der Waals surface area contributed by atoms with E-state index in [9.17, 15) is 9.90 Å². The van der Waals surface area contributed by atoms with Crippen LogP contribution in [0.25, 0.3) is 0 Å². The number of nitrogens with zero attached hydrogens (tertiary/aromatic N) is 2. The number of carboxylic acids is 1. The molecule has 0 amide bonds. The van der Waals surface area contributed by atoms with Crippen LogP contribution in [0.15, 0.2) is 30.3 Å². The number of rotatable bonds is 5. The zero-order valence-corrected chi connectivity index (χ0v) is 14.0. The van der Waals surface area contributed by atoms with Gasteiger partial charge in [-0.1, -0.05) is 50.6 Å². The monoisotopic (exact) mass is 320 g/mol. The molecule has 0 bridgehead atoms. The van der Waals surface area contributed by atoms with Crippen LogP contribution in [0.3, 0.4) is 0 Å². The van der Waals surface area contributed by atoms with Crippen LogP contribution in [0.5, 0.6) is 0 Å². The predicted molar refractivity (Wildman–Crippen MR) is 87.6 cm³/mol. The first-order valence-corrected chi connectivity index (χ1v) is 7.74. The zero-order chi connectivity index (χ0) is 16.4. The van der Waals surface area contributed by atoms with Gasteiger partial charge in [-0.15, -0.1) is 0 Å². The first-order valence-electron chi connectivity index (χ1n) is 7.36. The summed E-state index contributed by atoms with van der Waals surface area (Å²) in [7, 11) is 0. The van der Waals surface area contributed by atoms with E-state index in [0.717, 1.165) is 17.0 Å². The van der Waals surface area contributed by atoms with Gasteiger partial charge in [0, 0.05) is 16.6 Å². The highest BCUT2D eigenvalue weighted by atomic mass is 35.5. The Balaban J connectivity index is 2.47. The van der Waals surface area contributed by atoms with Gasteiger partial charge < -0.3 is 5.11 Å². The summed E-state index contributed by atoms with van der Waals surface area (Å²) < 4.78 is 1.60.